The predicted molar refractivity (Wildman–Crippen MR) is 62.3 cm³/mol. The second-order valence-corrected chi connectivity index (χ2v) is 4.05. The molecule has 5 heteroatoms. The van der Waals surface area contributed by atoms with E-state index in [1.807, 2.05) is 6.92 Å². The zero-order valence-corrected chi connectivity index (χ0v) is 10.1. The smallest absolute Gasteiger partial charge is 0.0781 e. The van der Waals surface area contributed by atoms with Crippen LogP contribution < -0.4 is 5.73 Å². The molecule has 3 nitrogen and oxygen atoms in total. The number of ether oxygens (including phenoxy) is 1. The summed E-state index contributed by atoms with van der Waals surface area (Å²) in [6.45, 7) is 3.15. The van der Waals surface area contributed by atoms with E-state index in [0.29, 0.717) is 29.0 Å². The summed E-state index contributed by atoms with van der Waals surface area (Å²) in [6.07, 6.45) is 2.50. The molecule has 0 saturated heterocycles. The van der Waals surface area contributed by atoms with Crippen LogP contribution in [0.4, 0.5) is 0 Å². The van der Waals surface area contributed by atoms with Gasteiger partial charge in [-0.05, 0) is 12.5 Å². The Labute approximate surface area is 99.5 Å². The van der Waals surface area contributed by atoms with Gasteiger partial charge in [-0.3, -0.25) is 4.98 Å². The Bertz CT molecular complexity index is 320. The maximum atomic E-state index is 5.95. The maximum absolute atomic E-state index is 5.95. The molecule has 1 heterocycles. The third-order valence-electron chi connectivity index (χ3n) is 1.83. The molecule has 0 fully saturated rings. The van der Waals surface area contributed by atoms with Crippen LogP contribution in [0.25, 0.3) is 0 Å². The van der Waals surface area contributed by atoms with Crippen molar-refractivity contribution in [2.24, 2.45) is 5.73 Å². The van der Waals surface area contributed by atoms with E-state index in [9.17, 15) is 0 Å². The lowest BCUT2D eigenvalue weighted by Crippen LogP contribution is -2.19. The number of rotatable bonds is 5. The monoisotopic (exact) mass is 248 g/mol. The van der Waals surface area contributed by atoms with Crippen LogP contribution >= 0.6 is 23.2 Å². The third kappa shape index (κ3) is 3.95. The van der Waals surface area contributed by atoms with Crippen molar-refractivity contribution in [2.75, 3.05) is 13.2 Å². The van der Waals surface area contributed by atoms with E-state index < -0.39 is 0 Å². The molecule has 1 rings (SSSR count). The molecule has 0 aliphatic carbocycles. The minimum atomic E-state index is -0.304. The molecule has 0 amide bonds. The van der Waals surface area contributed by atoms with Gasteiger partial charge in [0.25, 0.3) is 0 Å². The molecule has 1 atom stereocenters. The second kappa shape index (κ2) is 6.28. The van der Waals surface area contributed by atoms with Crippen LogP contribution in [0, 0.1) is 0 Å². The van der Waals surface area contributed by atoms with Crippen molar-refractivity contribution in [1.82, 2.24) is 4.98 Å². The molecular weight excluding hydrogens is 235 g/mol. The van der Waals surface area contributed by atoms with Gasteiger partial charge in [-0.1, -0.05) is 30.1 Å². The van der Waals surface area contributed by atoms with Gasteiger partial charge >= 0.3 is 0 Å². The lowest BCUT2D eigenvalue weighted by atomic mass is 10.2. The molecule has 1 aromatic rings. The number of hydrogen-bond acceptors (Lipinski definition) is 3. The maximum Gasteiger partial charge on any atom is 0.0781 e. The lowest BCUT2D eigenvalue weighted by Gasteiger charge is -2.12. The Balaban J connectivity index is 2.61. The first-order valence-electron chi connectivity index (χ1n) is 4.79. The van der Waals surface area contributed by atoms with Crippen molar-refractivity contribution >= 4 is 23.2 Å². The first-order chi connectivity index (χ1) is 7.15. The van der Waals surface area contributed by atoms with Crippen LogP contribution in [0.5, 0.6) is 0 Å². The van der Waals surface area contributed by atoms with E-state index in [4.69, 9.17) is 33.7 Å². The second-order valence-electron chi connectivity index (χ2n) is 3.20. The van der Waals surface area contributed by atoms with E-state index in [-0.39, 0.29) is 6.04 Å². The molecule has 0 aliphatic rings. The minimum absolute atomic E-state index is 0.304. The van der Waals surface area contributed by atoms with Crippen molar-refractivity contribution in [3.63, 3.8) is 0 Å². The van der Waals surface area contributed by atoms with Crippen molar-refractivity contribution in [2.45, 2.75) is 19.4 Å². The first kappa shape index (κ1) is 12.7. The number of aromatic nitrogens is 1. The number of hydrogen-bond donors (Lipinski definition) is 1. The molecule has 0 spiro atoms. The topological polar surface area (TPSA) is 48.1 Å². The van der Waals surface area contributed by atoms with Gasteiger partial charge in [0, 0.05) is 12.8 Å². The summed E-state index contributed by atoms with van der Waals surface area (Å²) in [5.74, 6) is 0. The molecule has 15 heavy (non-hydrogen) atoms. The molecule has 1 aromatic heterocycles. The van der Waals surface area contributed by atoms with Crippen LogP contribution in [-0.4, -0.2) is 18.2 Å². The molecule has 0 aliphatic heterocycles. The average Bonchev–Trinajstić information content (AvgIpc) is 2.17. The van der Waals surface area contributed by atoms with Gasteiger partial charge in [-0.25, -0.2) is 0 Å². The largest absolute Gasteiger partial charge is 0.379 e. The Kier molecular flexibility index (Phi) is 5.32. The zero-order chi connectivity index (χ0) is 11.3. The van der Waals surface area contributed by atoms with Gasteiger partial charge in [0.1, 0.15) is 0 Å². The highest BCUT2D eigenvalue weighted by molar-refractivity contribution is 6.34. The fourth-order valence-corrected chi connectivity index (χ4v) is 1.65. The Morgan fingerprint density at radius 2 is 2.27 bits per heavy atom. The standard InChI is InChI=1S/C10H14Cl2N2O/c1-2-3-15-6-9(13)10-8(12)4-7(11)5-14-10/h4-5,9H,2-3,6,13H2,1H3. The summed E-state index contributed by atoms with van der Waals surface area (Å²) in [7, 11) is 0. The molecule has 1 unspecified atom stereocenters. The number of halogens is 2. The summed E-state index contributed by atoms with van der Waals surface area (Å²) >= 11 is 11.7. The summed E-state index contributed by atoms with van der Waals surface area (Å²) in [6, 6.07) is 1.33. The Morgan fingerprint density at radius 3 is 2.87 bits per heavy atom. The first-order valence-corrected chi connectivity index (χ1v) is 5.55. The number of pyridine rings is 1. The minimum Gasteiger partial charge on any atom is -0.379 e. The van der Waals surface area contributed by atoms with Crippen LogP contribution in [-0.2, 0) is 4.74 Å². The van der Waals surface area contributed by atoms with Gasteiger partial charge in [0.05, 0.1) is 28.4 Å². The van der Waals surface area contributed by atoms with Gasteiger partial charge in [-0.2, -0.15) is 0 Å². The van der Waals surface area contributed by atoms with Crippen LogP contribution in [0.3, 0.4) is 0 Å². The van der Waals surface area contributed by atoms with E-state index >= 15 is 0 Å². The van der Waals surface area contributed by atoms with Crippen molar-refractivity contribution in [3.8, 4) is 0 Å². The molecule has 0 aromatic carbocycles. The highest BCUT2D eigenvalue weighted by Gasteiger charge is 2.12. The van der Waals surface area contributed by atoms with Crippen molar-refractivity contribution in [3.05, 3.63) is 28.0 Å². The normalized spacial score (nSPS) is 12.8. The zero-order valence-electron chi connectivity index (χ0n) is 8.54. The van der Waals surface area contributed by atoms with Gasteiger partial charge in [0.15, 0.2) is 0 Å². The highest BCUT2D eigenvalue weighted by Crippen LogP contribution is 2.22. The SMILES string of the molecule is CCCOCC(N)c1ncc(Cl)cc1Cl. The molecule has 0 saturated carbocycles. The quantitative estimate of drug-likeness (QED) is 0.816. The van der Waals surface area contributed by atoms with E-state index in [1.54, 1.807) is 6.07 Å². The molecule has 84 valence electrons. The molecule has 0 radical (unpaired) electrons. The van der Waals surface area contributed by atoms with Gasteiger partial charge in [-0.15, -0.1) is 0 Å². The average molecular weight is 249 g/mol. The van der Waals surface area contributed by atoms with Crippen LogP contribution in [0.2, 0.25) is 10.0 Å². The fourth-order valence-electron chi connectivity index (χ4n) is 1.13. The summed E-state index contributed by atoms with van der Waals surface area (Å²) in [4.78, 5) is 4.09. The van der Waals surface area contributed by atoms with Gasteiger partial charge in [0.2, 0.25) is 0 Å². The molecule has 2 N–H and O–H groups in total. The molecule has 0 bridgehead atoms. The van der Waals surface area contributed by atoms with Crippen LogP contribution in [0.15, 0.2) is 12.3 Å². The van der Waals surface area contributed by atoms with Gasteiger partial charge < -0.3 is 10.5 Å². The van der Waals surface area contributed by atoms with E-state index in [2.05, 4.69) is 4.98 Å². The highest BCUT2D eigenvalue weighted by atomic mass is 35.5. The van der Waals surface area contributed by atoms with Crippen LogP contribution in [0.1, 0.15) is 25.1 Å². The summed E-state index contributed by atoms with van der Waals surface area (Å²) in [5, 5.41) is 0.987. The summed E-state index contributed by atoms with van der Waals surface area (Å²) < 4.78 is 5.33. The number of nitrogens with zero attached hydrogens (tertiary/aromatic N) is 1. The van der Waals surface area contributed by atoms with Crippen molar-refractivity contribution < 1.29 is 4.74 Å². The fraction of sp³-hybridized carbons (Fsp3) is 0.500. The van der Waals surface area contributed by atoms with Crippen molar-refractivity contribution in [1.29, 1.82) is 0 Å². The number of nitrogens with two attached hydrogens (primary N) is 1. The Morgan fingerprint density at radius 1 is 1.53 bits per heavy atom. The predicted octanol–water partition coefficient (Wildman–Crippen LogP) is 2.81. The lowest BCUT2D eigenvalue weighted by molar-refractivity contribution is 0.121. The van der Waals surface area contributed by atoms with E-state index in [1.165, 1.54) is 6.20 Å². The summed E-state index contributed by atoms with van der Waals surface area (Å²) in [5.41, 5.74) is 6.49. The Hall–Kier alpha value is -0.350. The van der Waals surface area contributed by atoms with E-state index in [0.717, 1.165) is 6.42 Å². The molecular formula is C10H14Cl2N2O. The third-order valence-corrected chi connectivity index (χ3v) is 2.34.